The van der Waals surface area contributed by atoms with E-state index in [1.807, 2.05) is 0 Å². The lowest BCUT2D eigenvalue weighted by molar-refractivity contribution is 0.214. The van der Waals surface area contributed by atoms with Crippen molar-refractivity contribution in [2.45, 2.75) is 38.6 Å². The minimum absolute atomic E-state index is 0.0275. The van der Waals surface area contributed by atoms with Crippen LogP contribution in [0.5, 0.6) is 0 Å². The van der Waals surface area contributed by atoms with Crippen molar-refractivity contribution < 1.29 is 8.42 Å². The van der Waals surface area contributed by atoms with Crippen LogP contribution in [0.15, 0.2) is 0 Å². The summed E-state index contributed by atoms with van der Waals surface area (Å²) in [6, 6.07) is 0.200. The molecule has 0 radical (unpaired) electrons. The smallest absolute Gasteiger partial charge is 0.211 e. The maximum Gasteiger partial charge on any atom is 0.224 e. The van der Waals surface area contributed by atoms with E-state index in [2.05, 4.69) is 22.9 Å². The summed E-state index contributed by atoms with van der Waals surface area (Å²) < 4.78 is 24.8. The molecule has 0 bridgehead atoms. The molecule has 0 amide bonds. The third kappa shape index (κ3) is 2.70. The number of hydrogen-bond donors (Lipinski definition) is 0. The molecule has 0 aromatic heterocycles. The summed E-state index contributed by atoms with van der Waals surface area (Å²) in [5, 5.41) is 0. The molecule has 0 aromatic rings. The second-order valence-corrected chi connectivity index (χ2v) is 7.40. The lowest BCUT2D eigenvalue weighted by Crippen LogP contribution is -2.42. The van der Waals surface area contributed by atoms with E-state index in [0.717, 1.165) is 19.3 Å². The Morgan fingerprint density at radius 3 is 2.43 bits per heavy atom. The summed E-state index contributed by atoms with van der Waals surface area (Å²) in [5.41, 5.74) is 0. The number of alkyl halides is 1. The SMILES string of the molecule is CC1CCCCC1N(C)S(=O)(=O)CBr. The second-order valence-electron chi connectivity index (χ2n) is 4.07. The summed E-state index contributed by atoms with van der Waals surface area (Å²) in [6.07, 6.45) is 4.54. The summed E-state index contributed by atoms with van der Waals surface area (Å²) >= 11 is 3.03. The van der Waals surface area contributed by atoms with Crippen molar-refractivity contribution in [2.24, 2.45) is 5.92 Å². The van der Waals surface area contributed by atoms with Crippen LogP contribution >= 0.6 is 15.9 Å². The first-order valence-corrected chi connectivity index (χ1v) is 7.74. The fraction of sp³-hybridized carbons (Fsp3) is 1.00. The van der Waals surface area contributed by atoms with Gasteiger partial charge in [-0.25, -0.2) is 12.7 Å². The van der Waals surface area contributed by atoms with Gasteiger partial charge in [-0.2, -0.15) is 0 Å². The van der Waals surface area contributed by atoms with Gasteiger partial charge in [0.2, 0.25) is 10.0 Å². The zero-order valence-electron chi connectivity index (χ0n) is 8.74. The molecule has 1 aliphatic carbocycles. The predicted molar refractivity (Wildman–Crippen MR) is 61.9 cm³/mol. The topological polar surface area (TPSA) is 37.4 Å². The van der Waals surface area contributed by atoms with E-state index >= 15 is 0 Å². The van der Waals surface area contributed by atoms with Gasteiger partial charge in [0.1, 0.15) is 4.66 Å². The summed E-state index contributed by atoms with van der Waals surface area (Å²) in [7, 11) is -1.38. The molecule has 5 heteroatoms. The molecule has 0 aliphatic heterocycles. The number of halogens is 1. The number of nitrogens with zero attached hydrogens (tertiary/aromatic N) is 1. The van der Waals surface area contributed by atoms with Gasteiger partial charge in [0.05, 0.1) is 0 Å². The summed E-state index contributed by atoms with van der Waals surface area (Å²) in [6.45, 7) is 2.14. The van der Waals surface area contributed by atoms with Gasteiger partial charge in [0, 0.05) is 13.1 Å². The Morgan fingerprint density at radius 2 is 1.93 bits per heavy atom. The maximum absolute atomic E-state index is 11.6. The first-order valence-electron chi connectivity index (χ1n) is 5.00. The Morgan fingerprint density at radius 1 is 1.36 bits per heavy atom. The average Bonchev–Trinajstić information content (AvgIpc) is 2.17. The minimum Gasteiger partial charge on any atom is -0.211 e. The van der Waals surface area contributed by atoms with Crippen LogP contribution in [-0.2, 0) is 10.0 Å². The highest BCUT2D eigenvalue weighted by molar-refractivity contribution is 9.10. The molecule has 0 spiro atoms. The second kappa shape index (κ2) is 4.94. The number of sulfonamides is 1. The average molecular weight is 284 g/mol. The zero-order chi connectivity index (χ0) is 10.8. The largest absolute Gasteiger partial charge is 0.224 e. The van der Waals surface area contributed by atoms with Gasteiger partial charge in [-0.05, 0) is 18.8 Å². The van der Waals surface area contributed by atoms with Crippen molar-refractivity contribution >= 4 is 26.0 Å². The highest BCUT2D eigenvalue weighted by Crippen LogP contribution is 2.29. The molecule has 1 aliphatic rings. The van der Waals surface area contributed by atoms with Crippen molar-refractivity contribution in [2.75, 3.05) is 11.7 Å². The fourth-order valence-corrected chi connectivity index (χ4v) is 3.97. The molecule has 3 nitrogen and oxygen atoms in total. The molecule has 84 valence electrons. The zero-order valence-corrected chi connectivity index (χ0v) is 11.1. The van der Waals surface area contributed by atoms with Crippen molar-refractivity contribution in [3.05, 3.63) is 0 Å². The van der Waals surface area contributed by atoms with E-state index in [1.54, 1.807) is 11.4 Å². The van der Waals surface area contributed by atoms with Gasteiger partial charge >= 0.3 is 0 Å². The Labute approximate surface area is 95.0 Å². The van der Waals surface area contributed by atoms with Gasteiger partial charge in [0.25, 0.3) is 0 Å². The number of hydrogen-bond acceptors (Lipinski definition) is 2. The summed E-state index contributed by atoms with van der Waals surface area (Å²) in [4.78, 5) is 0. The molecule has 0 aromatic carbocycles. The normalized spacial score (nSPS) is 29.4. The molecule has 2 unspecified atom stereocenters. The highest BCUT2D eigenvalue weighted by atomic mass is 79.9. The van der Waals surface area contributed by atoms with Crippen molar-refractivity contribution in [1.82, 2.24) is 4.31 Å². The van der Waals surface area contributed by atoms with Crippen LogP contribution in [0.1, 0.15) is 32.6 Å². The van der Waals surface area contributed by atoms with E-state index in [-0.39, 0.29) is 10.7 Å². The van der Waals surface area contributed by atoms with E-state index in [0.29, 0.717) is 5.92 Å². The Kier molecular flexibility index (Phi) is 4.40. The van der Waals surface area contributed by atoms with Crippen LogP contribution in [0, 0.1) is 5.92 Å². The predicted octanol–water partition coefficient (Wildman–Crippen LogP) is 2.18. The van der Waals surface area contributed by atoms with Crippen LogP contribution in [0.4, 0.5) is 0 Å². The first kappa shape index (κ1) is 12.5. The fourth-order valence-electron chi connectivity index (χ4n) is 2.12. The molecule has 0 heterocycles. The van der Waals surface area contributed by atoms with Crippen LogP contribution < -0.4 is 0 Å². The molecule has 2 atom stereocenters. The standard InChI is InChI=1S/C9H18BrNO2S/c1-8-5-3-4-6-9(8)11(2)14(12,13)7-10/h8-9H,3-7H2,1-2H3. The van der Waals surface area contributed by atoms with Crippen LogP contribution in [0.2, 0.25) is 0 Å². The molecule has 1 rings (SSSR count). The molecule has 1 saturated carbocycles. The van der Waals surface area contributed by atoms with Crippen LogP contribution in [0.3, 0.4) is 0 Å². The lowest BCUT2D eigenvalue weighted by Gasteiger charge is -2.35. The van der Waals surface area contributed by atoms with Gasteiger partial charge in [-0.3, -0.25) is 0 Å². The van der Waals surface area contributed by atoms with Gasteiger partial charge in [0.15, 0.2) is 0 Å². The van der Waals surface area contributed by atoms with Crippen LogP contribution in [-0.4, -0.2) is 30.5 Å². The van der Waals surface area contributed by atoms with Crippen molar-refractivity contribution in [1.29, 1.82) is 0 Å². The Balaban J connectivity index is 2.72. The van der Waals surface area contributed by atoms with Crippen LogP contribution in [0.25, 0.3) is 0 Å². The molecule has 1 fully saturated rings. The maximum atomic E-state index is 11.6. The quantitative estimate of drug-likeness (QED) is 0.745. The third-order valence-corrected chi connectivity index (χ3v) is 6.27. The molecule has 0 N–H and O–H groups in total. The Hall–Kier alpha value is 0.390. The third-order valence-electron chi connectivity index (χ3n) is 3.11. The first-order chi connectivity index (χ1) is 6.49. The van der Waals surface area contributed by atoms with Crippen molar-refractivity contribution in [3.63, 3.8) is 0 Å². The Bertz CT molecular complexity index is 279. The molecular weight excluding hydrogens is 266 g/mol. The minimum atomic E-state index is -3.08. The molecular formula is C9H18BrNO2S. The number of rotatable bonds is 3. The highest BCUT2D eigenvalue weighted by Gasteiger charge is 2.31. The van der Waals surface area contributed by atoms with Gasteiger partial charge < -0.3 is 0 Å². The molecule has 0 saturated heterocycles. The van der Waals surface area contributed by atoms with Crippen molar-refractivity contribution in [3.8, 4) is 0 Å². The molecule has 14 heavy (non-hydrogen) atoms. The van der Waals surface area contributed by atoms with E-state index in [4.69, 9.17) is 0 Å². The van der Waals surface area contributed by atoms with E-state index < -0.39 is 10.0 Å². The van der Waals surface area contributed by atoms with E-state index in [1.165, 1.54) is 6.42 Å². The van der Waals surface area contributed by atoms with Gasteiger partial charge in [-0.1, -0.05) is 35.7 Å². The van der Waals surface area contributed by atoms with Gasteiger partial charge in [-0.15, -0.1) is 0 Å². The monoisotopic (exact) mass is 283 g/mol. The summed E-state index contributed by atoms with van der Waals surface area (Å²) in [5.74, 6) is 0.488. The van der Waals surface area contributed by atoms with E-state index in [9.17, 15) is 8.42 Å². The lowest BCUT2D eigenvalue weighted by atomic mass is 9.86.